The van der Waals surface area contributed by atoms with Gasteiger partial charge in [-0.15, -0.1) is 0 Å². The molecule has 1 fully saturated rings. The van der Waals surface area contributed by atoms with Crippen molar-refractivity contribution in [3.8, 4) is 0 Å². The highest BCUT2D eigenvalue weighted by atomic mass is 35.5. The van der Waals surface area contributed by atoms with E-state index in [0.717, 1.165) is 31.9 Å². The Morgan fingerprint density at radius 2 is 1.83 bits per heavy atom. The molecule has 0 aliphatic carbocycles. The second-order valence-electron chi connectivity index (χ2n) is 6.07. The molecule has 24 heavy (non-hydrogen) atoms. The average molecular weight is 344 g/mol. The second-order valence-corrected chi connectivity index (χ2v) is 6.51. The molecular formula is C19H22ClN3O. The van der Waals surface area contributed by atoms with Gasteiger partial charge >= 0.3 is 0 Å². The lowest BCUT2D eigenvalue weighted by atomic mass is 10.2. The van der Waals surface area contributed by atoms with Gasteiger partial charge < -0.3 is 15.1 Å². The number of hydrogen-bond acceptors (Lipinski definition) is 3. The number of carbonyl (C=O) groups is 1. The Kier molecular flexibility index (Phi) is 5.26. The molecule has 0 bridgehead atoms. The molecule has 0 atom stereocenters. The van der Waals surface area contributed by atoms with Crippen molar-refractivity contribution in [1.82, 2.24) is 4.90 Å². The van der Waals surface area contributed by atoms with E-state index in [1.807, 2.05) is 29.2 Å². The molecule has 0 unspecified atom stereocenters. The molecule has 0 saturated carbocycles. The third-order valence-corrected chi connectivity index (χ3v) is 4.50. The van der Waals surface area contributed by atoms with E-state index >= 15 is 0 Å². The van der Waals surface area contributed by atoms with Crippen LogP contribution in [0.2, 0.25) is 5.02 Å². The zero-order valence-corrected chi connectivity index (χ0v) is 14.6. The molecule has 4 nitrogen and oxygen atoms in total. The number of piperazine rings is 1. The van der Waals surface area contributed by atoms with Crippen LogP contribution in [0.3, 0.4) is 0 Å². The summed E-state index contributed by atoms with van der Waals surface area (Å²) in [6, 6.07) is 15.9. The van der Waals surface area contributed by atoms with Crippen molar-refractivity contribution in [2.45, 2.75) is 6.92 Å². The zero-order valence-electron chi connectivity index (χ0n) is 13.8. The van der Waals surface area contributed by atoms with Crippen molar-refractivity contribution in [1.29, 1.82) is 0 Å². The van der Waals surface area contributed by atoms with E-state index in [1.165, 1.54) is 11.3 Å². The SMILES string of the molecule is Cc1cccc(N2CCN(C(=O)CNc3cccc(Cl)c3)CC2)c1. The minimum absolute atomic E-state index is 0.124. The van der Waals surface area contributed by atoms with Gasteiger partial charge in [-0.1, -0.05) is 29.8 Å². The second kappa shape index (κ2) is 7.58. The summed E-state index contributed by atoms with van der Waals surface area (Å²) in [6.07, 6.45) is 0. The van der Waals surface area contributed by atoms with Gasteiger partial charge in [-0.3, -0.25) is 4.79 Å². The Hall–Kier alpha value is -2.20. The van der Waals surface area contributed by atoms with Crippen LogP contribution < -0.4 is 10.2 Å². The maximum Gasteiger partial charge on any atom is 0.241 e. The lowest BCUT2D eigenvalue weighted by Gasteiger charge is -2.36. The molecule has 1 aliphatic rings. The maximum absolute atomic E-state index is 12.4. The number of halogens is 1. The summed E-state index contributed by atoms with van der Waals surface area (Å²) in [6.45, 7) is 5.64. The van der Waals surface area contributed by atoms with Crippen LogP contribution in [0, 0.1) is 6.92 Å². The minimum Gasteiger partial charge on any atom is -0.376 e. The number of benzene rings is 2. The van der Waals surface area contributed by atoms with E-state index < -0.39 is 0 Å². The summed E-state index contributed by atoms with van der Waals surface area (Å²) >= 11 is 5.95. The Morgan fingerprint density at radius 3 is 2.54 bits per heavy atom. The lowest BCUT2D eigenvalue weighted by molar-refractivity contribution is -0.129. The molecule has 1 saturated heterocycles. The Morgan fingerprint density at radius 1 is 1.08 bits per heavy atom. The highest BCUT2D eigenvalue weighted by Crippen LogP contribution is 2.18. The number of anilines is 2. The van der Waals surface area contributed by atoms with E-state index in [1.54, 1.807) is 0 Å². The van der Waals surface area contributed by atoms with E-state index in [9.17, 15) is 4.79 Å². The molecule has 1 heterocycles. The fourth-order valence-corrected chi connectivity index (χ4v) is 3.12. The third kappa shape index (κ3) is 4.20. The number of carbonyl (C=O) groups excluding carboxylic acids is 1. The van der Waals surface area contributed by atoms with Gasteiger partial charge in [0.25, 0.3) is 0 Å². The van der Waals surface area contributed by atoms with Crippen molar-refractivity contribution in [2.75, 3.05) is 42.9 Å². The molecule has 1 N–H and O–H groups in total. The van der Waals surface area contributed by atoms with Gasteiger partial charge in [0.05, 0.1) is 6.54 Å². The van der Waals surface area contributed by atoms with Crippen LogP contribution in [0.5, 0.6) is 0 Å². The predicted octanol–water partition coefficient (Wildman–Crippen LogP) is 3.41. The number of nitrogens with one attached hydrogen (secondary N) is 1. The lowest BCUT2D eigenvalue weighted by Crippen LogP contribution is -2.50. The fourth-order valence-electron chi connectivity index (χ4n) is 2.93. The van der Waals surface area contributed by atoms with E-state index in [4.69, 9.17) is 11.6 Å². The predicted molar refractivity (Wildman–Crippen MR) is 99.9 cm³/mol. The first-order valence-electron chi connectivity index (χ1n) is 8.21. The van der Waals surface area contributed by atoms with Gasteiger partial charge in [-0.2, -0.15) is 0 Å². The van der Waals surface area contributed by atoms with Crippen molar-refractivity contribution < 1.29 is 4.79 Å². The molecule has 5 heteroatoms. The van der Waals surface area contributed by atoms with Gasteiger partial charge in [-0.05, 0) is 42.8 Å². The van der Waals surface area contributed by atoms with Crippen molar-refractivity contribution in [3.63, 3.8) is 0 Å². The van der Waals surface area contributed by atoms with Crippen molar-refractivity contribution >= 4 is 28.9 Å². The number of hydrogen-bond donors (Lipinski definition) is 1. The molecule has 126 valence electrons. The summed E-state index contributed by atoms with van der Waals surface area (Å²) in [5.74, 6) is 0.124. The quantitative estimate of drug-likeness (QED) is 0.924. The minimum atomic E-state index is 0.124. The highest BCUT2D eigenvalue weighted by molar-refractivity contribution is 6.30. The molecule has 0 radical (unpaired) electrons. The number of aryl methyl sites for hydroxylation is 1. The van der Waals surface area contributed by atoms with E-state index in [2.05, 4.69) is 41.4 Å². The van der Waals surface area contributed by atoms with Gasteiger partial charge in [-0.25, -0.2) is 0 Å². The van der Waals surface area contributed by atoms with Crippen molar-refractivity contribution in [3.05, 3.63) is 59.1 Å². The molecule has 2 aromatic rings. The number of rotatable bonds is 4. The monoisotopic (exact) mass is 343 g/mol. The average Bonchev–Trinajstić information content (AvgIpc) is 2.60. The van der Waals surface area contributed by atoms with Crippen LogP contribution in [0.4, 0.5) is 11.4 Å². The first-order chi connectivity index (χ1) is 11.6. The number of nitrogens with zero attached hydrogens (tertiary/aromatic N) is 2. The van der Waals surface area contributed by atoms with Crippen molar-refractivity contribution in [2.24, 2.45) is 0 Å². The molecule has 1 aliphatic heterocycles. The van der Waals surface area contributed by atoms with E-state index in [-0.39, 0.29) is 5.91 Å². The molecule has 0 aromatic heterocycles. The Bertz CT molecular complexity index is 711. The van der Waals surface area contributed by atoms with Crippen LogP contribution in [0.1, 0.15) is 5.56 Å². The summed E-state index contributed by atoms with van der Waals surface area (Å²) < 4.78 is 0. The molecule has 2 aromatic carbocycles. The van der Waals surface area contributed by atoms with Gasteiger partial charge in [0.15, 0.2) is 0 Å². The van der Waals surface area contributed by atoms with Crippen LogP contribution >= 0.6 is 11.6 Å². The summed E-state index contributed by atoms with van der Waals surface area (Å²) in [4.78, 5) is 16.6. The topological polar surface area (TPSA) is 35.6 Å². The summed E-state index contributed by atoms with van der Waals surface area (Å²) in [5, 5.41) is 3.81. The van der Waals surface area contributed by atoms with Crippen LogP contribution in [-0.2, 0) is 4.79 Å². The largest absolute Gasteiger partial charge is 0.376 e. The van der Waals surface area contributed by atoms with Gasteiger partial charge in [0.1, 0.15) is 0 Å². The van der Waals surface area contributed by atoms with Gasteiger partial charge in [0, 0.05) is 42.6 Å². The fraction of sp³-hybridized carbons (Fsp3) is 0.316. The first-order valence-corrected chi connectivity index (χ1v) is 8.58. The molecule has 0 spiro atoms. The zero-order chi connectivity index (χ0) is 16.9. The molecule has 3 rings (SSSR count). The van der Waals surface area contributed by atoms with Crippen LogP contribution in [-0.4, -0.2) is 43.5 Å². The molecular weight excluding hydrogens is 322 g/mol. The summed E-state index contributed by atoms with van der Waals surface area (Å²) in [7, 11) is 0. The van der Waals surface area contributed by atoms with E-state index in [0.29, 0.717) is 11.6 Å². The van der Waals surface area contributed by atoms with Crippen LogP contribution in [0.25, 0.3) is 0 Å². The smallest absolute Gasteiger partial charge is 0.241 e. The van der Waals surface area contributed by atoms with Crippen LogP contribution in [0.15, 0.2) is 48.5 Å². The Labute approximate surface area is 148 Å². The number of amides is 1. The van der Waals surface area contributed by atoms with Gasteiger partial charge in [0.2, 0.25) is 5.91 Å². The highest BCUT2D eigenvalue weighted by Gasteiger charge is 2.21. The normalized spacial score (nSPS) is 14.6. The molecule has 1 amide bonds. The third-order valence-electron chi connectivity index (χ3n) is 4.27. The standard InChI is InChI=1S/C19H22ClN3O/c1-15-4-2-7-18(12-15)22-8-10-23(11-9-22)19(24)14-21-17-6-3-5-16(20)13-17/h2-7,12-13,21H,8-11,14H2,1H3. The summed E-state index contributed by atoms with van der Waals surface area (Å²) in [5.41, 5.74) is 3.37. The maximum atomic E-state index is 12.4. The first kappa shape index (κ1) is 16.7. The Balaban J connectivity index is 1.50.